The molecule has 12 aromatic rings. The quantitative estimate of drug-likeness (QED) is 0.175. The summed E-state index contributed by atoms with van der Waals surface area (Å²) in [6, 6.07) is 85.4. The van der Waals surface area contributed by atoms with Gasteiger partial charge in [-0.05, 0) is 106 Å². The summed E-state index contributed by atoms with van der Waals surface area (Å²) in [5, 5.41) is 4.97. The van der Waals surface area contributed by atoms with Crippen LogP contribution in [0.25, 0.3) is 99.5 Å². The summed E-state index contributed by atoms with van der Waals surface area (Å²) in [5.41, 5.74) is 21.5. The fourth-order valence-corrected chi connectivity index (χ4v) is 11.4. The van der Waals surface area contributed by atoms with Crippen molar-refractivity contribution in [2.24, 2.45) is 0 Å². The molecule has 1 aliphatic heterocycles. The third-order valence-corrected chi connectivity index (χ3v) is 14.2. The molecule has 4 heteroatoms. The first-order valence-corrected chi connectivity index (χ1v) is 23.0. The van der Waals surface area contributed by atoms with E-state index in [2.05, 4.69) is 249 Å². The summed E-state index contributed by atoms with van der Waals surface area (Å²) in [7, 11) is 0. The zero-order chi connectivity index (χ0) is 43.3. The molecule has 0 saturated heterocycles. The molecule has 0 saturated carbocycles. The Bertz CT molecular complexity index is 3790. The Balaban J connectivity index is 1.17. The molecule has 3 heterocycles. The SMILES string of the molecule is c1ccc(N2CCN(c3ccccc3)c3cc4c(cc32)-c2ccccc2-c2cccc(-n3c5ccccc5c5ccccc53)c2-c2c-4cccc2-n2c3ccccc3c3ccccc32)cc1. The Morgan fingerprint density at radius 1 is 0.242 bits per heavy atom. The maximum Gasteiger partial charge on any atom is 0.0659 e. The van der Waals surface area contributed by atoms with Gasteiger partial charge in [-0.2, -0.15) is 0 Å². The third kappa shape index (κ3) is 5.33. The highest BCUT2D eigenvalue weighted by molar-refractivity contribution is 6.15. The highest BCUT2D eigenvalue weighted by Gasteiger charge is 2.33. The first kappa shape index (κ1) is 36.8. The average Bonchev–Trinajstić information content (AvgIpc) is 3.90. The van der Waals surface area contributed by atoms with Gasteiger partial charge in [-0.1, -0.05) is 158 Å². The first-order valence-electron chi connectivity index (χ1n) is 23.0. The van der Waals surface area contributed by atoms with Crippen LogP contribution < -0.4 is 9.80 Å². The Kier molecular flexibility index (Phi) is 8.07. The highest BCUT2D eigenvalue weighted by Crippen LogP contribution is 2.56. The van der Waals surface area contributed by atoms with Gasteiger partial charge in [0.1, 0.15) is 0 Å². The van der Waals surface area contributed by atoms with Crippen LogP contribution in [0.4, 0.5) is 22.7 Å². The van der Waals surface area contributed by atoms with Crippen LogP contribution in [0.2, 0.25) is 0 Å². The Morgan fingerprint density at radius 3 is 0.985 bits per heavy atom. The summed E-state index contributed by atoms with van der Waals surface area (Å²) in [6.07, 6.45) is 0. The predicted octanol–water partition coefficient (Wildman–Crippen LogP) is 16.2. The van der Waals surface area contributed by atoms with Crippen molar-refractivity contribution in [3.8, 4) is 55.9 Å². The normalized spacial score (nSPS) is 13.0. The highest BCUT2D eigenvalue weighted by atomic mass is 15.3. The molecule has 66 heavy (non-hydrogen) atoms. The molecule has 10 aromatic carbocycles. The molecule has 0 atom stereocenters. The zero-order valence-corrected chi connectivity index (χ0v) is 36.1. The Labute approximate surface area is 383 Å². The molecule has 0 fully saturated rings. The fourth-order valence-electron chi connectivity index (χ4n) is 11.4. The van der Waals surface area contributed by atoms with Crippen LogP contribution >= 0.6 is 0 Å². The molecular formula is C62H42N4. The molecule has 14 rings (SSSR count). The number of para-hydroxylation sites is 6. The second-order valence-electron chi connectivity index (χ2n) is 17.5. The number of fused-ring (bicyclic) bond motifs is 15. The second-order valence-corrected chi connectivity index (χ2v) is 17.5. The number of benzene rings is 10. The molecule has 2 aliphatic rings. The molecule has 310 valence electrons. The van der Waals surface area contributed by atoms with E-state index in [0.29, 0.717) is 0 Å². The minimum absolute atomic E-state index is 0.844. The van der Waals surface area contributed by atoms with E-state index >= 15 is 0 Å². The van der Waals surface area contributed by atoms with Gasteiger partial charge in [0.05, 0.1) is 44.8 Å². The minimum Gasteiger partial charge on any atom is -0.338 e. The monoisotopic (exact) mass is 842 g/mol. The number of rotatable bonds is 4. The molecule has 0 radical (unpaired) electrons. The number of nitrogens with zero attached hydrogens (tertiary/aromatic N) is 4. The van der Waals surface area contributed by atoms with Crippen molar-refractivity contribution in [2.75, 3.05) is 22.9 Å². The van der Waals surface area contributed by atoms with Crippen molar-refractivity contribution in [3.05, 3.63) is 231 Å². The van der Waals surface area contributed by atoms with Crippen LogP contribution in [-0.4, -0.2) is 22.2 Å². The summed E-state index contributed by atoms with van der Waals surface area (Å²) < 4.78 is 5.04. The maximum atomic E-state index is 2.52. The van der Waals surface area contributed by atoms with Crippen molar-refractivity contribution in [1.29, 1.82) is 0 Å². The Hall–Kier alpha value is -8.60. The van der Waals surface area contributed by atoms with E-state index in [1.165, 1.54) is 111 Å². The molecule has 2 aromatic heterocycles. The maximum absolute atomic E-state index is 2.52. The standard InChI is InChI=1S/C62H42N4/c1-3-19-41(20-4-1)63-37-38-64(42-21-5-2-6-22-42)60-40-52-50-30-18-36-58(66-55-33-15-11-27-47(55)48-28-12-16-34-56(48)66)62(50)61-49(43-23-7-8-24-44(43)51(52)39-59(60)63)29-17-35-57(61)65-53-31-13-9-25-45(53)46-26-10-14-32-54(46)65/h1-36,39-40H,37-38H2. The van der Waals surface area contributed by atoms with Gasteiger partial charge in [0.2, 0.25) is 0 Å². The molecule has 0 spiro atoms. The summed E-state index contributed by atoms with van der Waals surface area (Å²) >= 11 is 0. The third-order valence-electron chi connectivity index (χ3n) is 14.2. The van der Waals surface area contributed by atoms with Gasteiger partial charge in [0.25, 0.3) is 0 Å². The van der Waals surface area contributed by atoms with Crippen LogP contribution in [0.3, 0.4) is 0 Å². The molecule has 0 bridgehead atoms. The molecule has 0 N–H and O–H groups in total. The van der Waals surface area contributed by atoms with Gasteiger partial charge in [0, 0.05) is 57.1 Å². The molecule has 4 nitrogen and oxygen atoms in total. The van der Waals surface area contributed by atoms with Crippen LogP contribution in [-0.2, 0) is 0 Å². The molecule has 1 aliphatic carbocycles. The van der Waals surface area contributed by atoms with Gasteiger partial charge in [-0.25, -0.2) is 0 Å². The van der Waals surface area contributed by atoms with E-state index in [4.69, 9.17) is 0 Å². The molecule has 0 amide bonds. The minimum atomic E-state index is 0.844. The van der Waals surface area contributed by atoms with Gasteiger partial charge in [-0.15, -0.1) is 0 Å². The van der Waals surface area contributed by atoms with E-state index in [1.807, 2.05) is 0 Å². The van der Waals surface area contributed by atoms with Crippen molar-refractivity contribution in [1.82, 2.24) is 9.13 Å². The predicted molar refractivity (Wildman–Crippen MR) is 277 cm³/mol. The van der Waals surface area contributed by atoms with Crippen LogP contribution in [0.5, 0.6) is 0 Å². The van der Waals surface area contributed by atoms with Crippen molar-refractivity contribution < 1.29 is 0 Å². The van der Waals surface area contributed by atoms with Crippen LogP contribution in [0.15, 0.2) is 231 Å². The van der Waals surface area contributed by atoms with Crippen molar-refractivity contribution in [2.45, 2.75) is 0 Å². The number of aromatic nitrogens is 2. The lowest BCUT2D eigenvalue weighted by atomic mass is 9.79. The van der Waals surface area contributed by atoms with E-state index in [1.54, 1.807) is 0 Å². The summed E-state index contributed by atoms with van der Waals surface area (Å²) in [6.45, 7) is 1.70. The first-order chi connectivity index (χ1) is 32.8. The Morgan fingerprint density at radius 2 is 0.561 bits per heavy atom. The van der Waals surface area contributed by atoms with E-state index in [-0.39, 0.29) is 0 Å². The lowest BCUT2D eigenvalue weighted by Gasteiger charge is -2.40. The van der Waals surface area contributed by atoms with E-state index in [9.17, 15) is 0 Å². The van der Waals surface area contributed by atoms with E-state index in [0.717, 1.165) is 24.5 Å². The van der Waals surface area contributed by atoms with Gasteiger partial charge < -0.3 is 18.9 Å². The summed E-state index contributed by atoms with van der Waals surface area (Å²) in [5.74, 6) is 0. The average molecular weight is 843 g/mol. The lowest BCUT2D eigenvalue weighted by Crippen LogP contribution is -2.36. The molecule has 0 unspecified atom stereocenters. The van der Waals surface area contributed by atoms with E-state index < -0.39 is 0 Å². The fraction of sp³-hybridized carbons (Fsp3) is 0.0323. The number of hydrogen-bond acceptors (Lipinski definition) is 2. The number of anilines is 4. The largest absolute Gasteiger partial charge is 0.338 e. The van der Waals surface area contributed by atoms with Crippen LogP contribution in [0, 0.1) is 0 Å². The van der Waals surface area contributed by atoms with Crippen molar-refractivity contribution in [3.63, 3.8) is 0 Å². The van der Waals surface area contributed by atoms with Crippen molar-refractivity contribution >= 4 is 66.4 Å². The number of hydrogen-bond donors (Lipinski definition) is 0. The summed E-state index contributed by atoms with van der Waals surface area (Å²) in [4.78, 5) is 5.04. The smallest absolute Gasteiger partial charge is 0.0659 e. The topological polar surface area (TPSA) is 16.3 Å². The lowest BCUT2D eigenvalue weighted by molar-refractivity contribution is 0.850. The van der Waals surface area contributed by atoms with Gasteiger partial charge in [0.15, 0.2) is 0 Å². The van der Waals surface area contributed by atoms with Gasteiger partial charge >= 0.3 is 0 Å². The second kappa shape index (κ2) is 14.5. The molecular weight excluding hydrogens is 801 g/mol. The zero-order valence-electron chi connectivity index (χ0n) is 36.1. The van der Waals surface area contributed by atoms with Crippen LogP contribution in [0.1, 0.15) is 0 Å². The van der Waals surface area contributed by atoms with Gasteiger partial charge in [-0.3, -0.25) is 0 Å².